The second kappa shape index (κ2) is 24.6. The lowest BCUT2D eigenvalue weighted by molar-refractivity contribution is 0.336. The van der Waals surface area contributed by atoms with Crippen molar-refractivity contribution in [2.75, 3.05) is 0 Å². The van der Waals surface area contributed by atoms with E-state index in [9.17, 15) is 0 Å². The van der Waals surface area contributed by atoms with E-state index in [1.54, 1.807) is 0 Å². The molecule has 0 saturated carbocycles. The zero-order valence-electron chi connectivity index (χ0n) is 23.0. The van der Waals surface area contributed by atoms with Crippen molar-refractivity contribution in [2.45, 2.75) is 182 Å². The molecule has 0 aliphatic carbocycles. The van der Waals surface area contributed by atoms with Gasteiger partial charge in [-0.3, -0.25) is 0 Å². The first-order valence-electron chi connectivity index (χ1n) is 15.1. The summed E-state index contributed by atoms with van der Waals surface area (Å²) in [4.78, 5) is 0. The summed E-state index contributed by atoms with van der Waals surface area (Å²) in [5.74, 6) is 2.71. The maximum absolute atomic E-state index is 2.48. The zero-order valence-corrected chi connectivity index (χ0v) is 23.0. The van der Waals surface area contributed by atoms with Gasteiger partial charge in [0.15, 0.2) is 0 Å². The van der Waals surface area contributed by atoms with Gasteiger partial charge in [0.2, 0.25) is 0 Å². The van der Waals surface area contributed by atoms with Gasteiger partial charge in [-0.05, 0) is 30.6 Å². The van der Waals surface area contributed by atoms with Gasteiger partial charge >= 0.3 is 0 Å². The van der Waals surface area contributed by atoms with Crippen LogP contribution in [0.4, 0.5) is 0 Å². The summed E-state index contributed by atoms with van der Waals surface area (Å²) in [5, 5.41) is 0. The first kappa shape index (κ1) is 31.0. The van der Waals surface area contributed by atoms with Crippen LogP contribution in [0, 0.1) is 17.8 Å². The van der Waals surface area contributed by atoms with Gasteiger partial charge in [-0.1, -0.05) is 169 Å². The van der Waals surface area contributed by atoms with Crippen LogP contribution in [0.2, 0.25) is 0 Å². The van der Waals surface area contributed by atoms with Crippen molar-refractivity contribution in [1.29, 1.82) is 0 Å². The topological polar surface area (TPSA) is 0 Å². The lowest BCUT2D eigenvalue weighted by Crippen LogP contribution is -2.06. The Morgan fingerprint density at radius 3 is 1.00 bits per heavy atom. The molecule has 0 aromatic carbocycles. The molecule has 0 saturated heterocycles. The van der Waals surface area contributed by atoms with Gasteiger partial charge in [-0.15, -0.1) is 0 Å². The maximum atomic E-state index is 2.48. The summed E-state index contributed by atoms with van der Waals surface area (Å²) in [7, 11) is 0. The summed E-state index contributed by atoms with van der Waals surface area (Å²) in [5.41, 5.74) is 0. The minimum absolute atomic E-state index is 0.863. The van der Waals surface area contributed by atoms with E-state index in [-0.39, 0.29) is 0 Å². The number of hydrogen-bond acceptors (Lipinski definition) is 0. The van der Waals surface area contributed by atoms with E-state index in [1.807, 2.05) is 0 Å². The van der Waals surface area contributed by atoms with Crippen molar-refractivity contribution in [1.82, 2.24) is 0 Å². The molecule has 0 heterocycles. The van der Waals surface area contributed by atoms with Gasteiger partial charge in [0.1, 0.15) is 0 Å². The minimum atomic E-state index is 0.863. The fraction of sp³-hybridized carbons (Fsp3) is 1.00. The molecule has 0 rings (SSSR count). The Balaban J connectivity index is 3.15. The molecule has 2 atom stereocenters. The molecule has 0 aromatic heterocycles. The molecule has 0 aromatic rings. The SMILES string of the molecule is CCCCCCCCCCCCCCCCCCCCCCC(C)CC(C)CC(C)C. The van der Waals surface area contributed by atoms with Crippen LogP contribution in [-0.2, 0) is 0 Å². The third kappa shape index (κ3) is 26.1. The van der Waals surface area contributed by atoms with Gasteiger partial charge in [0.25, 0.3) is 0 Å². The van der Waals surface area contributed by atoms with E-state index in [4.69, 9.17) is 0 Å². The van der Waals surface area contributed by atoms with Gasteiger partial charge < -0.3 is 0 Å². The molecule has 2 unspecified atom stereocenters. The molecular formula is C31H64. The average molecular weight is 437 g/mol. The Labute approximate surface area is 200 Å². The monoisotopic (exact) mass is 437 g/mol. The standard InChI is InChI=1S/C31H64/c1-6-7-8-9-10-11-12-13-14-15-16-17-18-19-20-21-22-23-24-25-26-30(4)28-31(5)27-29(2)3/h29-31H,6-28H2,1-5H3. The summed E-state index contributed by atoms with van der Waals surface area (Å²) in [6, 6.07) is 0. The van der Waals surface area contributed by atoms with Crippen LogP contribution in [0.5, 0.6) is 0 Å². The molecule has 0 aliphatic rings. The molecule has 0 nitrogen and oxygen atoms in total. The Morgan fingerprint density at radius 2 is 0.677 bits per heavy atom. The van der Waals surface area contributed by atoms with E-state index in [1.165, 1.54) is 148 Å². The number of rotatable bonds is 25. The number of unbranched alkanes of at least 4 members (excludes halogenated alkanes) is 19. The van der Waals surface area contributed by atoms with Crippen LogP contribution < -0.4 is 0 Å². The predicted molar refractivity (Wildman–Crippen MR) is 145 cm³/mol. The molecule has 0 radical (unpaired) electrons. The third-order valence-electron chi connectivity index (χ3n) is 7.23. The molecule has 0 fully saturated rings. The minimum Gasteiger partial charge on any atom is -0.0654 e. The average Bonchev–Trinajstić information content (AvgIpc) is 2.71. The first-order valence-corrected chi connectivity index (χ1v) is 15.1. The second-order valence-electron chi connectivity index (χ2n) is 11.6. The van der Waals surface area contributed by atoms with Crippen molar-refractivity contribution in [3.8, 4) is 0 Å². The Kier molecular flexibility index (Phi) is 24.6. The highest BCUT2D eigenvalue weighted by Crippen LogP contribution is 2.23. The Morgan fingerprint density at radius 1 is 0.355 bits per heavy atom. The summed E-state index contributed by atoms with van der Waals surface area (Å²) in [6.45, 7) is 12.0. The number of hydrogen-bond donors (Lipinski definition) is 0. The van der Waals surface area contributed by atoms with Gasteiger partial charge in [0, 0.05) is 0 Å². The summed E-state index contributed by atoms with van der Waals surface area (Å²) in [6.07, 6.45) is 33.8. The maximum Gasteiger partial charge on any atom is -0.0438 e. The first-order chi connectivity index (χ1) is 15.1. The third-order valence-corrected chi connectivity index (χ3v) is 7.23. The van der Waals surface area contributed by atoms with E-state index in [0.717, 1.165) is 17.8 Å². The van der Waals surface area contributed by atoms with Crippen LogP contribution in [0.3, 0.4) is 0 Å². The Hall–Kier alpha value is 0. The molecular weight excluding hydrogens is 372 g/mol. The highest BCUT2D eigenvalue weighted by Gasteiger charge is 2.10. The molecule has 0 spiro atoms. The zero-order chi connectivity index (χ0) is 23.0. The second-order valence-corrected chi connectivity index (χ2v) is 11.6. The van der Waals surface area contributed by atoms with Crippen LogP contribution in [0.1, 0.15) is 182 Å². The fourth-order valence-corrected chi connectivity index (χ4v) is 5.45. The quantitative estimate of drug-likeness (QED) is 0.125. The lowest BCUT2D eigenvalue weighted by atomic mass is 9.88. The molecule has 0 amide bonds. The summed E-state index contributed by atoms with van der Waals surface area (Å²) >= 11 is 0. The van der Waals surface area contributed by atoms with E-state index < -0.39 is 0 Å². The van der Waals surface area contributed by atoms with Gasteiger partial charge in [0.05, 0.1) is 0 Å². The van der Waals surface area contributed by atoms with Crippen molar-refractivity contribution in [3.63, 3.8) is 0 Å². The predicted octanol–water partition coefficient (Wildman–Crippen LogP) is 11.9. The fourth-order valence-electron chi connectivity index (χ4n) is 5.45. The molecule has 31 heavy (non-hydrogen) atoms. The highest BCUT2D eigenvalue weighted by atomic mass is 14.2. The molecule has 188 valence electrons. The van der Waals surface area contributed by atoms with Crippen LogP contribution in [0.25, 0.3) is 0 Å². The Bertz CT molecular complexity index is 318. The van der Waals surface area contributed by atoms with Crippen LogP contribution in [-0.4, -0.2) is 0 Å². The van der Waals surface area contributed by atoms with Crippen LogP contribution >= 0.6 is 0 Å². The highest BCUT2D eigenvalue weighted by molar-refractivity contribution is 4.62. The molecule has 0 heteroatoms. The molecule has 0 N–H and O–H groups in total. The van der Waals surface area contributed by atoms with Crippen molar-refractivity contribution < 1.29 is 0 Å². The largest absolute Gasteiger partial charge is 0.0654 e. The summed E-state index contributed by atoms with van der Waals surface area (Å²) < 4.78 is 0. The normalized spacial score (nSPS) is 13.7. The van der Waals surface area contributed by atoms with Crippen LogP contribution in [0.15, 0.2) is 0 Å². The van der Waals surface area contributed by atoms with Gasteiger partial charge in [-0.2, -0.15) is 0 Å². The van der Waals surface area contributed by atoms with Crippen molar-refractivity contribution >= 4 is 0 Å². The van der Waals surface area contributed by atoms with E-state index in [2.05, 4.69) is 34.6 Å². The van der Waals surface area contributed by atoms with Crippen molar-refractivity contribution in [3.05, 3.63) is 0 Å². The lowest BCUT2D eigenvalue weighted by Gasteiger charge is -2.18. The smallest absolute Gasteiger partial charge is 0.0438 e. The van der Waals surface area contributed by atoms with E-state index in [0.29, 0.717) is 0 Å². The molecule has 0 aliphatic heterocycles. The van der Waals surface area contributed by atoms with Crippen molar-refractivity contribution in [2.24, 2.45) is 17.8 Å². The van der Waals surface area contributed by atoms with E-state index >= 15 is 0 Å². The molecule has 0 bridgehead atoms. The van der Waals surface area contributed by atoms with Gasteiger partial charge in [-0.25, -0.2) is 0 Å².